The molecule has 0 unspecified atom stereocenters. The molecule has 1 fully saturated rings. The number of carbonyl (C=O) groups excluding carboxylic acids is 1. The van der Waals surface area contributed by atoms with Crippen molar-refractivity contribution >= 4 is 17.5 Å². The summed E-state index contributed by atoms with van der Waals surface area (Å²) in [6.07, 6.45) is 0. The Balaban J connectivity index is 1.35. The van der Waals surface area contributed by atoms with Crippen molar-refractivity contribution in [3.8, 4) is 11.5 Å². The molecule has 0 spiro atoms. The second-order valence-electron chi connectivity index (χ2n) is 6.67. The van der Waals surface area contributed by atoms with Gasteiger partial charge in [-0.25, -0.2) is 4.39 Å². The second-order valence-corrected chi connectivity index (χ2v) is 7.11. The van der Waals surface area contributed by atoms with Crippen LogP contribution in [0, 0.1) is 5.82 Å². The number of rotatable bonds is 3. The molecule has 0 radical (unpaired) electrons. The molecule has 2 heterocycles. The van der Waals surface area contributed by atoms with Crippen LogP contribution in [0.3, 0.4) is 0 Å². The summed E-state index contributed by atoms with van der Waals surface area (Å²) >= 11 is 5.76. The van der Waals surface area contributed by atoms with Crippen LogP contribution in [0.5, 0.6) is 11.5 Å². The highest BCUT2D eigenvalue weighted by atomic mass is 35.5. The predicted octanol–water partition coefficient (Wildman–Crippen LogP) is 3.21. The van der Waals surface area contributed by atoms with Gasteiger partial charge in [0.2, 0.25) is 0 Å². The number of halogens is 2. The lowest BCUT2D eigenvalue weighted by Crippen LogP contribution is -2.48. The molecule has 5 nitrogen and oxygen atoms in total. The first-order chi connectivity index (χ1) is 13.1. The van der Waals surface area contributed by atoms with Crippen LogP contribution in [-0.4, -0.2) is 55.1 Å². The molecular weight excluding hydrogens is 371 g/mol. The summed E-state index contributed by atoms with van der Waals surface area (Å²) in [5.74, 6) is 0.700. The number of benzene rings is 2. The topological polar surface area (TPSA) is 42.0 Å². The molecule has 142 valence electrons. The molecule has 1 amide bonds. The van der Waals surface area contributed by atoms with Crippen molar-refractivity contribution in [1.29, 1.82) is 0 Å². The Morgan fingerprint density at radius 3 is 2.48 bits per heavy atom. The normalized spacial score (nSPS) is 17.0. The lowest BCUT2D eigenvalue weighted by molar-refractivity contribution is 0.0623. The zero-order chi connectivity index (χ0) is 18.8. The first-order valence-corrected chi connectivity index (χ1v) is 9.33. The summed E-state index contributed by atoms with van der Waals surface area (Å²) in [6.45, 7) is 4.50. The molecule has 0 aliphatic carbocycles. The Morgan fingerprint density at radius 1 is 1.00 bits per heavy atom. The van der Waals surface area contributed by atoms with Gasteiger partial charge in [-0.15, -0.1) is 0 Å². The fourth-order valence-corrected chi connectivity index (χ4v) is 3.55. The van der Waals surface area contributed by atoms with Crippen LogP contribution in [-0.2, 0) is 6.54 Å². The number of hydrogen-bond donors (Lipinski definition) is 0. The van der Waals surface area contributed by atoms with Crippen LogP contribution in [0.1, 0.15) is 15.9 Å². The third kappa shape index (κ3) is 4.01. The number of amides is 1. The Hall–Kier alpha value is -2.31. The summed E-state index contributed by atoms with van der Waals surface area (Å²) in [5, 5.41) is 0.285. The molecule has 2 aliphatic rings. The van der Waals surface area contributed by atoms with E-state index in [9.17, 15) is 9.18 Å². The molecule has 2 aromatic rings. The standard InChI is InChI=1S/C20H20ClFN2O3/c21-15-2-3-16(17(22)12-15)20(25)24-7-5-23(6-8-24)13-14-1-4-18-19(11-14)27-10-9-26-18/h1-4,11-12H,5-10,13H2. The van der Waals surface area contributed by atoms with Gasteiger partial charge in [0, 0.05) is 37.7 Å². The van der Waals surface area contributed by atoms with E-state index in [4.69, 9.17) is 21.1 Å². The fourth-order valence-electron chi connectivity index (χ4n) is 3.39. The van der Waals surface area contributed by atoms with Crippen LogP contribution >= 0.6 is 11.6 Å². The van der Waals surface area contributed by atoms with Gasteiger partial charge in [-0.2, -0.15) is 0 Å². The van der Waals surface area contributed by atoms with Crippen molar-refractivity contribution in [2.45, 2.75) is 6.54 Å². The van der Waals surface area contributed by atoms with Gasteiger partial charge in [0.25, 0.3) is 5.91 Å². The monoisotopic (exact) mass is 390 g/mol. The Kier molecular flexibility index (Phi) is 5.18. The third-order valence-corrected chi connectivity index (χ3v) is 5.07. The minimum absolute atomic E-state index is 0.0692. The minimum Gasteiger partial charge on any atom is -0.486 e. The van der Waals surface area contributed by atoms with E-state index in [-0.39, 0.29) is 16.5 Å². The molecular formula is C20H20ClFN2O3. The zero-order valence-corrected chi connectivity index (χ0v) is 15.5. The van der Waals surface area contributed by atoms with E-state index >= 15 is 0 Å². The highest BCUT2D eigenvalue weighted by molar-refractivity contribution is 6.30. The Bertz CT molecular complexity index is 853. The van der Waals surface area contributed by atoms with Gasteiger partial charge < -0.3 is 14.4 Å². The molecule has 2 aliphatic heterocycles. The molecule has 0 atom stereocenters. The van der Waals surface area contributed by atoms with E-state index in [1.165, 1.54) is 18.2 Å². The third-order valence-electron chi connectivity index (χ3n) is 4.83. The van der Waals surface area contributed by atoms with Gasteiger partial charge in [0.15, 0.2) is 11.5 Å². The van der Waals surface area contributed by atoms with Crippen molar-refractivity contribution in [1.82, 2.24) is 9.80 Å². The van der Waals surface area contributed by atoms with Gasteiger partial charge in [0.05, 0.1) is 5.56 Å². The number of ether oxygens (including phenoxy) is 2. The maximum absolute atomic E-state index is 14.0. The number of nitrogens with zero attached hydrogens (tertiary/aromatic N) is 2. The largest absolute Gasteiger partial charge is 0.486 e. The molecule has 0 N–H and O–H groups in total. The van der Waals surface area contributed by atoms with E-state index < -0.39 is 5.82 Å². The summed E-state index contributed by atoms with van der Waals surface area (Å²) < 4.78 is 25.2. The number of piperazine rings is 1. The number of carbonyl (C=O) groups is 1. The molecule has 4 rings (SSSR count). The SMILES string of the molecule is O=C(c1ccc(Cl)cc1F)N1CCN(Cc2ccc3c(c2)OCCO3)CC1. The first-order valence-electron chi connectivity index (χ1n) is 8.95. The highest BCUT2D eigenvalue weighted by Crippen LogP contribution is 2.31. The van der Waals surface area contributed by atoms with Gasteiger partial charge in [-0.05, 0) is 35.9 Å². The maximum atomic E-state index is 14.0. The predicted molar refractivity (Wildman–Crippen MR) is 100 cm³/mol. The maximum Gasteiger partial charge on any atom is 0.256 e. The highest BCUT2D eigenvalue weighted by Gasteiger charge is 2.24. The van der Waals surface area contributed by atoms with Crippen molar-refractivity contribution in [2.75, 3.05) is 39.4 Å². The molecule has 1 saturated heterocycles. The van der Waals surface area contributed by atoms with E-state index in [1.54, 1.807) is 4.90 Å². The summed E-state index contributed by atoms with van der Waals surface area (Å²) in [5.41, 5.74) is 1.21. The van der Waals surface area contributed by atoms with Gasteiger partial charge >= 0.3 is 0 Å². The van der Waals surface area contributed by atoms with Gasteiger partial charge in [-0.1, -0.05) is 17.7 Å². The van der Waals surface area contributed by atoms with Crippen LogP contribution < -0.4 is 9.47 Å². The average molecular weight is 391 g/mol. The fraction of sp³-hybridized carbons (Fsp3) is 0.350. The number of fused-ring (bicyclic) bond motifs is 1. The molecule has 0 saturated carbocycles. The van der Waals surface area contributed by atoms with Crippen LogP contribution in [0.25, 0.3) is 0 Å². The van der Waals surface area contributed by atoms with E-state index in [0.29, 0.717) is 26.3 Å². The summed E-state index contributed by atoms with van der Waals surface area (Å²) in [6, 6.07) is 10.1. The lowest BCUT2D eigenvalue weighted by atomic mass is 10.1. The van der Waals surface area contributed by atoms with Crippen molar-refractivity contribution in [2.24, 2.45) is 0 Å². The number of hydrogen-bond acceptors (Lipinski definition) is 4. The Labute approximate surface area is 162 Å². The quantitative estimate of drug-likeness (QED) is 0.807. The van der Waals surface area contributed by atoms with E-state index in [0.717, 1.165) is 36.7 Å². The summed E-state index contributed by atoms with van der Waals surface area (Å²) in [7, 11) is 0. The average Bonchev–Trinajstić information content (AvgIpc) is 2.68. The van der Waals surface area contributed by atoms with E-state index in [1.807, 2.05) is 18.2 Å². The molecule has 7 heteroatoms. The van der Waals surface area contributed by atoms with Gasteiger partial charge in [-0.3, -0.25) is 9.69 Å². The summed E-state index contributed by atoms with van der Waals surface area (Å²) in [4.78, 5) is 16.5. The molecule has 0 aromatic heterocycles. The Morgan fingerprint density at radius 2 is 1.74 bits per heavy atom. The van der Waals surface area contributed by atoms with E-state index in [2.05, 4.69) is 4.90 Å². The lowest BCUT2D eigenvalue weighted by Gasteiger charge is -2.35. The van der Waals surface area contributed by atoms with Crippen molar-refractivity contribution < 1.29 is 18.7 Å². The molecule has 0 bridgehead atoms. The molecule has 2 aromatic carbocycles. The first kappa shape index (κ1) is 18.1. The van der Waals surface area contributed by atoms with Crippen LogP contribution in [0.15, 0.2) is 36.4 Å². The second kappa shape index (κ2) is 7.74. The van der Waals surface area contributed by atoms with Crippen LogP contribution in [0.4, 0.5) is 4.39 Å². The smallest absolute Gasteiger partial charge is 0.256 e. The minimum atomic E-state index is -0.578. The molecule has 27 heavy (non-hydrogen) atoms. The van der Waals surface area contributed by atoms with Crippen LogP contribution in [0.2, 0.25) is 5.02 Å². The van der Waals surface area contributed by atoms with Gasteiger partial charge in [0.1, 0.15) is 19.0 Å². The zero-order valence-electron chi connectivity index (χ0n) is 14.8. The van der Waals surface area contributed by atoms with Crippen molar-refractivity contribution in [3.05, 3.63) is 58.4 Å². The van der Waals surface area contributed by atoms with Crippen molar-refractivity contribution in [3.63, 3.8) is 0 Å².